The van der Waals surface area contributed by atoms with Crippen LogP contribution in [0.1, 0.15) is 23.4 Å². The van der Waals surface area contributed by atoms with Crippen molar-refractivity contribution in [2.45, 2.75) is 32.0 Å². The minimum atomic E-state index is 0.163. The summed E-state index contributed by atoms with van der Waals surface area (Å²) in [6, 6.07) is 9.93. The van der Waals surface area contributed by atoms with E-state index in [0.29, 0.717) is 10.9 Å². The SMILES string of the molecule is Cc1cc(C)nc(SCC(=O)N2CCCN(Cc3ccc(Cl)cc3)CC2)n1. The van der Waals surface area contributed by atoms with E-state index >= 15 is 0 Å². The van der Waals surface area contributed by atoms with Crippen molar-refractivity contribution in [3.05, 3.63) is 52.3 Å². The van der Waals surface area contributed by atoms with Gasteiger partial charge in [-0.15, -0.1) is 0 Å². The molecule has 3 rings (SSSR count). The lowest BCUT2D eigenvalue weighted by atomic mass is 10.2. The summed E-state index contributed by atoms with van der Waals surface area (Å²) in [6.45, 7) is 8.25. The number of carbonyl (C=O) groups is 1. The molecule has 5 nitrogen and oxygen atoms in total. The van der Waals surface area contributed by atoms with E-state index in [1.165, 1.54) is 17.3 Å². The second-order valence-corrected chi connectivity index (χ2v) is 8.24. The minimum Gasteiger partial charge on any atom is -0.341 e. The molecule has 0 radical (unpaired) electrons. The number of hydrogen-bond acceptors (Lipinski definition) is 5. The van der Waals surface area contributed by atoms with Crippen molar-refractivity contribution in [1.82, 2.24) is 19.8 Å². The van der Waals surface area contributed by atoms with Crippen LogP contribution >= 0.6 is 23.4 Å². The molecule has 0 saturated carbocycles. The second kappa shape index (κ2) is 9.53. The fourth-order valence-corrected chi connectivity index (χ4v) is 4.18. The van der Waals surface area contributed by atoms with Gasteiger partial charge in [0, 0.05) is 49.1 Å². The lowest BCUT2D eigenvalue weighted by Crippen LogP contribution is -2.36. The van der Waals surface area contributed by atoms with Crippen molar-refractivity contribution < 1.29 is 4.79 Å². The Balaban J connectivity index is 1.49. The van der Waals surface area contributed by atoms with Gasteiger partial charge in [-0.2, -0.15) is 0 Å². The normalized spacial score (nSPS) is 15.6. The Morgan fingerprint density at radius 3 is 2.48 bits per heavy atom. The van der Waals surface area contributed by atoms with Gasteiger partial charge < -0.3 is 4.90 Å². The fourth-order valence-electron chi connectivity index (χ4n) is 3.20. The second-order valence-electron chi connectivity index (χ2n) is 6.86. The monoisotopic (exact) mass is 404 g/mol. The molecule has 1 aliphatic rings. The lowest BCUT2D eigenvalue weighted by Gasteiger charge is -2.22. The van der Waals surface area contributed by atoms with E-state index in [1.54, 1.807) is 0 Å². The van der Waals surface area contributed by atoms with Crippen LogP contribution in [0.2, 0.25) is 5.02 Å². The summed E-state index contributed by atoms with van der Waals surface area (Å²) >= 11 is 7.38. The Morgan fingerprint density at radius 2 is 1.78 bits per heavy atom. The van der Waals surface area contributed by atoms with Crippen molar-refractivity contribution in [2.75, 3.05) is 31.9 Å². The van der Waals surface area contributed by atoms with Crippen LogP contribution in [-0.4, -0.2) is 57.6 Å². The molecule has 0 atom stereocenters. The van der Waals surface area contributed by atoms with Crippen LogP contribution in [-0.2, 0) is 11.3 Å². The standard InChI is InChI=1S/C20H25ClN4OS/c1-15-12-16(2)23-20(22-15)27-14-19(26)25-9-3-8-24(10-11-25)13-17-4-6-18(21)7-5-17/h4-7,12H,3,8-11,13-14H2,1-2H3. The van der Waals surface area contributed by atoms with Crippen molar-refractivity contribution in [3.8, 4) is 0 Å². The maximum Gasteiger partial charge on any atom is 0.233 e. The Kier molecular flexibility index (Phi) is 7.10. The highest BCUT2D eigenvalue weighted by atomic mass is 35.5. The van der Waals surface area contributed by atoms with Crippen molar-refractivity contribution in [3.63, 3.8) is 0 Å². The largest absolute Gasteiger partial charge is 0.341 e. The van der Waals surface area contributed by atoms with Gasteiger partial charge >= 0.3 is 0 Å². The molecule has 1 aliphatic heterocycles. The number of aromatic nitrogens is 2. The van der Waals surface area contributed by atoms with Gasteiger partial charge in [-0.25, -0.2) is 9.97 Å². The van der Waals surface area contributed by atoms with Gasteiger partial charge in [0.25, 0.3) is 0 Å². The number of nitrogens with zero attached hydrogens (tertiary/aromatic N) is 4. The predicted molar refractivity (Wildman–Crippen MR) is 110 cm³/mol. The summed E-state index contributed by atoms with van der Waals surface area (Å²) in [5.41, 5.74) is 3.12. The number of thioether (sulfide) groups is 1. The van der Waals surface area contributed by atoms with Crippen LogP contribution in [0.15, 0.2) is 35.5 Å². The highest BCUT2D eigenvalue weighted by molar-refractivity contribution is 7.99. The molecule has 1 fully saturated rings. The minimum absolute atomic E-state index is 0.163. The first-order valence-electron chi connectivity index (χ1n) is 9.19. The molecule has 0 aliphatic carbocycles. The van der Waals surface area contributed by atoms with E-state index in [1.807, 2.05) is 36.9 Å². The van der Waals surface area contributed by atoms with Crippen LogP contribution < -0.4 is 0 Å². The van der Waals surface area contributed by atoms with Gasteiger partial charge in [0.1, 0.15) is 0 Å². The molecular weight excluding hydrogens is 380 g/mol. The molecule has 0 spiro atoms. The summed E-state index contributed by atoms with van der Waals surface area (Å²) < 4.78 is 0. The molecule has 0 bridgehead atoms. The number of halogens is 1. The van der Waals surface area contributed by atoms with Crippen LogP contribution in [0, 0.1) is 13.8 Å². The van der Waals surface area contributed by atoms with Crippen molar-refractivity contribution in [2.24, 2.45) is 0 Å². The van der Waals surface area contributed by atoms with Gasteiger partial charge in [0.15, 0.2) is 5.16 Å². The topological polar surface area (TPSA) is 49.3 Å². The molecule has 1 aromatic heterocycles. The third-order valence-electron chi connectivity index (χ3n) is 4.55. The maximum atomic E-state index is 12.6. The number of carbonyl (C=O) groups excluding carboxylic acids is 1. The van der Waals surface area contributed by atoms with E-state index in [9.17, 15) is 4.79 Å². The van der Waals surface area contributed by atoms with Gasteiger partial charge in [0.05, 0.1) is 5.75 Å². The van der Waals surface area contributed by atoms with E-state index in [2.05, 4.69) is 27.0 Å². The number of aryl methyl sites for hydroxylation is 2. The quantitative estimate of drug-likeness (QED) is 0.563. The van der Waals surface area contributed by atoms with Crippen LogP contribution in [0.3, 0.4) is 0 Å². The molecular formula is C20H25ClN4OS. The molecule has 1 amide bonds. The summed E-state index contributed by atoms with van der Waals surface area (Å²) in [6.07, 6.45) is 0.990. The molecule has 144 valence electrons. The van der Waals surface area contributed by atoms with Crippen molar-refractivity contribution >= 4 is 29.3 Å². The molecule has 0 unspecified atom stereocenters. The first kappa shape index (κ1) is 20.1. The lowest BCUT2D eigenvalue weighted by molar-refractivity contribution is -0.128. The molecule has 7 heteroatoms. The zero-order chi connectivity index (χ0) is 19.2. The van der Waals surface area contributed by atoms with E-state index in [-0.39, 0.29) is 5.91 Å². The zero-order valence-corrected chi connectivity index (χ0v) is 17.4. The summed E-state index contributed by atoms with van der Waals surface area (Å²) in [7, 11) is 0. The van der Waals surface area contributed by atoms with Gasteiger partial charge in [-0.3, -0.25) is 9.69 Å². The average Bonchev–Trinajstić information content (AvgIpc) is 2.86. The Morgan fingerprint density at radius 1 is 1.07 bits per heavy atom. The first-order chi connectivity index (χ1) is 13.0. The number of amides is 1. The summed E-state index contributed by atoms with van der Waals surface area (Å²) in [4.78, 5) is 25.8. The third-order valence-corrected chi connectivity index (χ3v) is 5.63. The number of benzene rings is 1. The highest BCUT2D eigenvalue weighted by Crippen LogP contribution is 2.17. The molecule has 2 aromatic rings. The molecule has 27 heavy (non-hydrogen) atoms. The predicted octanol–water partition coefficient (Wildman–Crippen LogP) is 3.57. The molecule has 0 N–H and O–H groups in total. The number of hydrogen-bond donors (Lipinski definition) is 0. The Bertz CT molecular complexity index is 764. The van der Waals surface area contributed by atoms with Gasteiger partial charge in [-0.05, 0) is 44.0 Å². The first-order valence-corrected chi connectivity index (χ1v) is 10.6. The highest BCUT2D eigenvalue weighted by Gasteiger charge is 2.19. The molecule has 1 saturated heterocycles. The fraction of sp³-hybridized carbons (Fsp3) is 0.450. The molecule has 2 heterocycles. The Hall–Kier alpha value is -1.63. The van der Waals surface area contributed by atoms with Crippen LogP contribution in [0.25, 0.3) is 0 Å². The van der Waals surface area contributed by atoms with Crippen LogP contribution in [0.5, 0.6) is 0 Å². The third kappa shape index (κ3) is 6.19. The number of rotatable bonds is 5. The smallest absolute Gasteiger partial charge is 0.233 e. The Labute approximate surface area is 170 Å². The zero-order valence-electron chi connectivity index (χ0n) is 15.8. The summed E-state index contributed by atoms with van der Waals surface area (Å²) in [5, 5.41) is 1.44. The molecule has 1 aromatic carbocycles. The maximum absolute atomic E-state index is 12.6. The van der Waals surface area contributed by atoms with Gasteiger partial charge in [-0.1, -0.05) is 35.5 Å². The average molecular weight is 405 g/mol. The van der Waals surface area contributed by atoms with E-state index in [0.717, 1.165) is 55.6 Å². The van der Waals surface area contributed by atoms with Crippen molar-refractivity contribution in [1.29, 1.82) is 0 Å². The van der Waals surface area contributed by atoms with Gasteiger partial charge in [0.2, 0.25) is 5.91 Å². The van der Waals surface area contributed by atoms with E-state index < -0.39 is 0 Å². The van der Waals surface area contributed by atoms with E-state index in [4.69, 9.17) is 11.6 Å². The van der Waals surface area contributed by atoms with Crippen LogP contribution in [0.4, 0.5) is 0 Å². The summed E-state index contributed by atoms with van der Waals surface area (Å²) in [5.74, 6) is 0.552.